The molecule has 76 valence electrons. The van der Waals surface area contributed by atoms with E-state index < -0.39 is 0 Å². The standard InChI is InChI=1S/C11H17N3/c1-2-3-4-8-7-9(12)5-6-10(8)11(13)14/h5-7H,2-4,12H2,1H3,(H3,13,14). The first kappa shape index (κ1) is 10.6. The Morgan fingerprint density at radius 1 is 1.43 bits per heavy atom. The molecule has 0 unspecified atom stereocenters. The van der Waals surface area contributed by atoms with Gasteiger partial charge in [0.1, 0.15) is 5.84 Å². The van der Waals surface area contributed by atoms with E-state index in [2.05, 4.69) is 6.92 Å². The second kappa shape index (κ2) is 4.65. The van der Waals surface area contributed by atoms with E-state index in [1.807, 2.05) is 12.1 Å². The fraction of sp³-hybridized carbons (Fsp3) is 0.364. The fourth-order valence-electron chi connectivity index (χ4n) is 1.45. The Hall–Kier alpha value is -1.51. The van der Waals surface area contributed by atoms with Gasteiger partial charge in [-0.05, 0) is 36.6 Å². The van der Waals surface area contributed by atoms with E-state index >= 15 is 0 Å². The molecule has 0 fully saturated rings. The topological polar surface area (TPSA) is 75.9 Å². The smallest absolute Gasteiger partial charge is 0.123 e. The highest BCUT2D eigenvalue weighted by Gasteiger charge is 2.04. The van der Waals surface area contributed by atoms with Crippen LogP contribution in [0.25, 0.3) is 0 Å². The van der Waals surface area contributed by atoms with Crippen LogP contribution in [0.15, 0.2) is 18.2 Å². The molecule has 0 aliphatic carbocycles. The molecule has 0 spiro atoms. The summed E-state index contributed by atoms with van der Waals surface area (Å²) in [6.45, 7) is 2.14. The quantitative estimate of drug-likeness (QED) is 0.386. The van der Waals surface area contributed by atoms with Crippen molar-refractivity contribution in [1.82, 2.24) is 0 Å². The molecule has 0 saturated heterocycles. The molecule has 3 heteroatoms. The summed E-state index contributed by atoms with van der Waals surface area (Å²) < 4.78 is 0. The average molecular weight is 191 g/mol. The maximum absolute atomic E-state index is 7.42. The van der Waals surface area contributed by atoms with Gasteiger partial charge in [0.25, 0.3) is 0 Å². The van der Waals surface area contributed by atoms with Crippen molar-refractivity contribution in [3.63, 3.8) is 0 Å². The molecule has 0 bridgehead atoms. The Kier molecular flexibility index (Phi) is 3.51. The van der Waals surface area contributed by atoms with Crippen LogP contribution in [0.3, 0.4) is 0 Å². The maximum Gasteiger partial charge on any atom is 0.123 e. The number of hydrogen-bond donors (Lipinski definition) is 3. The molecular weight excluding hydrogens is 174 g/mol. The summed E-state index contributed by atoms with van der Waals surface area (Å²) in [5.74, 6) is 0.121. The first-order valence-corrected chi connectivity index (χ1v) is 4.88. The minimum Gasteiger partial charge on any atom is -0.399 e. The third-order valence-electron chi connectivity index (χ3n) is 2.22. The Balaban J connectivity index is 2.97. The van der Waals surface area contributed by atoms with Gasteiger partial charge in [0.05, 0.1) is 0 Å². The molecule has 0 aliphatic rings. The highest BCUT2D eigenvalue weighted by Crippen LogP contribution is 2.15. The van der Waals surface area contributed by atoms with Gasteiger partial charge >= 0.3 is 0 Å². The van der Waals surface area contributed by atoms with Crippen molar-refractivity contribution in [2.75, 3.05) is 5.73 Å². The van der Waals surface area contributed by atoms with E-state index in [-0.39, 0.29) is 5.84 Å². The maximum atomic E-state index is 7.42. The molecule has 0 aromatic heterocycles. The highest BCUT2D eigenvalue weighted by atomic mass is 14.7. The molecule has 0 amide bonds. The van der Waals surface area contributed by atoms with Gasteiger partial charge in [-0.25, -0.2) is 0 Å². The van der Waals surface area contributed by atoms with E-state index in [1.54, 1.807) is 6.07 Å². The number of amidine groups is 1. The first-order chi connectivity index (χ1) is 6.65. The number of aryl methyl sites for hydroxylation is 1. The lowest BCUT2D eigenvalue weighted by molar-refractivity contribution is 0.794. The van der Waals surface area contributed by atoms with Crippen LogP contribution in [-0.4, -0.2) is 5.84 Å². The van der Waals surface area contributed by atoms with Crippen molar-refractivity contribution in [3.8, 4) is 0 Å². The van der Waals surface area contributed by atoms with Gasteiger partial charge < -0.3 is 11.5 Å². The van der Waals surface area contributed by atoms with Crippen LogP contribution in [0.4, 0.5) is 5.69 Å². The van der Waals surface area contributed by atoms with Gasteiger partial charge in [-0.1, -0.05) is 13.3 Å². The van der Waals surface area contributed by atoms with E-state index in [1.165, 1.54) is 0 Å². The van der Waals surface area contributed by atoms with Crippen molar-refractivity contribution in [2.45, 2.75) is 26.2 Å². The largest absolute Gasteiger partial charge is 0.399 e. The average Bonchev–Trinajstić information content (AvgIpc) is 2.14. The number of nitrogens with one attached hydrogen (secondary N) is 1. The third kappa shape index (κ3) is 2.49. The molecular formula is C11H17N3. The molecule has 5 N–H and O–H groups in total. The van der Waals surface area contributed by atoms with Crippen molar-refractivity contribution in [3.05, 3.63) is 29.3 Å². The number of benzene rings is 1. The van der Waals surface area contributed by atoms with Crippen LogP contribution in [0.5, 0.6) is 0 Å². The predicted octanol–water partition coefficient (Wildman–Crippen LogP) is 1.90. The summed E-state index contributed by atoms with van der Waals surface area (Å²) in [7, 11) is 0. The van der Waals surface area contributed by atoms with Gasteiger partial charge in [-0.3, -0.25) is 5.41 Å². The second-order valence-electron chi connectivity index (χ2n) is 3.43. The highest BCUT2D eigenvalue weighted by molar-refractivity contribution is 5.96. The molecule has 1 rings (SSSR count). The lowest BCUT2D eigenvalue weighted by Crippen LogP contribution is -2.14. The van der Waals surface area contributed by atoms with Crippen molar-refractivity contribution in [2.24, 2.45) is 5.73 Å². The van der Waals surface area contributed by atoms with Crippen molar-refractivity contribution >= 4 is 11.5 Å². The van der Waals surface area contributed by atoms with Crippen LogP contribution in [0.1, 0.15) is 30.9 Å². The van der Waals surface area contributed by atoms with Crippen LogP contribution < -0.4 is 11.5 Å². The molecule has 14 heavy (non-hydrogen) atoms. The van der Waals surface area contributed by atoms with Gasteiger partial charge in [-0.15, -0.1) is 0 Å². The van der Waals surface area contributed by atoms with E-state index in [0.717, 1.165) is 36.1 Å². The summed E-state index contributed by atoms with van der Waals surface area (Å²) in [6.07, 6.45) is 3.17. The van der Waals surface area contributed by atoms with Gasteiger partial charge in [0, 0.05) is 11.3 Å². The monoisotopic (exact) mass is 191 g/mol. The Labute approximate surface area is 84.6 Å². The number of rotatable bonds is 4. The Morgan fingerprint density at radius 2 is 2.14 bits per heavy atom. The molecule has 3 nitrogen and oxygen atoms in total. The molecule has 1 aromatic carbocycles. The van der Waals surface area contributed by atoms with Gasteiger partial charge in [0.15, 0.2) is 0 Å². The van der Waals surface area contributed by atoms with Crippen LogP contribution in [0.2, 0.25) is 0 Å². The molecule has 0 radical (unpaired) electrons. The predicted molar refractivity (Wildman–Crippen MR) is 60.5 cm³/mol. The SMILES string of the molecule is CCCCc1cc(N)ccc1C(=N)N. The second-order valence-corrected chi connectivity index (χ2v) is 3.43. The van der Waals surface area contributed by atoms with Gasteiger partial charge in [-0.2, -0.15) is 0 Å². The first-order valence-electron chi connectivity index (χ1n) is 4.88. The zero-order chi connectivity index (χ0) is 10.6. The lowest BCUT2D eigenvalue weighted by Gasteiger charge is -2.08. The number of anilines is 1. The van der Waals surface area contributed by atoms with Crippen LogP contribution in [0, 0.1) is 5.41 Å². The minimum absolute atomic E-state index is 0.121. The summed E-state index contributed by atoms with van der Waals surface area (Å²) >= 11 is 0. The van der Waals surface area contributed by atoms with Crippen molar-refractivity contribution < 1.29 is 0 Å². The summed E-state index contributed by atoms with van der Waals surface area (Å²) in [6, 6.07) is 5.52. The Bertz CT molecular complexity index is 331. The minimum atomic E-state index is 0.121. The van der Waals surface area contributed by atoms with E-state index in [4.69, 9.17) is 16.9 Å². The number of unbranched alkanes of at least 4 members (excludes halogenated alkanes) is 1. The zero-order valence-electron chi connectivity index (χ0n) is 8.51. The fourth-order valence-corrected chi connectivity index (χ4v) is 1.45. The van der Waals surface area contributed by atoms with E-state index in [9.17, 15) is 0 Å². The zero-order valence-corrected chi connectivity index (χ0v) is 8.51. The van der Waals surface area contributed by atoms with Crippen LogP contribution >= 0.6 is 0 Å². The molecule has 0 aliphatic heterocycles. The molecule has 0 heterocycles. The number of nitrogen functional groups attached to an aromatic ring is 2. The molecule has 1 aromatic rings. The summed E-state index contributed by atoms with van der Waals surface area (Å²) in [5, 5.41) is 7.42. The normalized spacial score (nSPS) is 10.1. The summed E-state index contributed by atoms with van der Waals surface area (Å²) in [4.78, 5) is 0. The lowest BCUT2D eigenvalue weighted by atomic mass is 10.0. The van der Waals surface area contributed by atoms with Crippen LogP contribution in [-0.2, 0) is 6.42 Å². The summed E-state index contributed by atoms with van der Waals surface area (Å²) in [5.41, 5.74) is 13.8. The number of nitrogens with two attached hydrogens (primary N) is 2. The van der Waals surface area contributed by atoms with Crippen molar-refractivity contribution in [1.29, 1.82) is 5.41 Å². The number of hydrogen-bond acceptors (Lipinski definition) is 2. The molecule has 0 atom stereocenters. The van der Waals surface area contributed by atoms with E-state index in [0.29, 0.717) is 0 Å². The third-order valence-corrected chi connectivity index (χ3v) is 2.22. The van der Waals surface area contributed by atoms with Gasteiger partial charge in [0.2, 0.25) is 0 Å². The molecule has 0 saturated carbocycles. The Morgan fingerprint density at radius 3 is 2.71 bits per heavy atom.